The number of hydrogen-bond donors (Lipinski definition) is 1. The van der Waals surface area contributed by atoms with Crippen LogP contribution in [0, 0.1) is 0 Å². The summed E-state index contributed by atoms with van der Waals surface area (Å²) in [6, 6.07) is 0. The lowest BCUT2D eigenvalue weighted by atomic mass is 10.1. The lowest BCUT2D eigenvalue weighted by Crippen LogP contribution is -2.51. The third kappa shape index (κ3) is 2.51. The molecule has 76 valence electrons. The Morgan fingerprint density at radius 2 is 2.31 bits per heavy atom. The predicted molar refractivity (Wildman–Crippen MR) is 39.5 cm³/mol. The highest BCUT2D eigenvalue weighted by Gasteiger charge is 2.41. The summed E-state index contributed by atoms with van der Waals surface area (Å²) in [6.45, 7) is -0.779. The van der Waals surface area contributed by atoms with E-state index in [0.717, 1.165) is 12.0 Å². The highest BCUT2D eigenvalue weighted by molar-refractivity contribution is 5.67. The molecule has 1 unspecified atom stereocenters. The van der Waals surface area contributed by atoms with Gasteiger partial charge in [-0.25, -0.2) is 13.6 Å². The number of hydrogen-bond acceptors (Lipinski definition) is 3. The van der Waals surface area contributed by atoms with Crippen molar-refractivity contribution in [2.24, 2.45) is 0 Å². The number of β-amino-alcohol motifs (C(OH)–C–C–N with tert-alkyl or cyclic N) is 1. The molecule has 0 aliphatic carbocycles. The SMILES string of the molecule is COC(=O)N1CC(O)CC(F)(F)C1. The van der Waals surface area contributed by atoms with Crippen molar-refractivity contribution in [3.63, 3.8) is 0 Å². The zero-order chi connectivity index (χ0) is 10.1. The van der Waals surface area contributed by atoms with Crippen molar-refractivity contribution in [1.82, 2.24) is 4.90 Å². The fraction of sp³-hybridized carbons (Fsp3) is 0.857. The van der Waals surface area contributed by atoms with Crippen LogP contribution in [-0.2, 0) is 4.74 Å². The molecule has 1 aliphatic rings. The number of likely N-dealkylation sites (tertiary alicyclic amines) is 1. The third-order valence-corrected chi connectivity index (χ3v) is 1.82. The quantitative estimate of drug-likeness (QED) is 0.610. The number of halogens is 2. The highest BCUT2D eigenvalue weighted by atomic mass is 19.3. The zero-order valence-electron chi connectivity index (χ0n) is 7.17. The van der Waals surface area contributed by atoms with E-state index in [1.54, 1.807) is 0 Å². The predicted octanol–water partition coefficient (Wildman–Crippen LogP) is 0.455. The van der Waals surface area contributed by atoms with Gasteiger partial charge in [-0.05, 0) is 0 Å². The summed E-state index contributed by atoms with van der Waals surface area (Å²) in [5, 5.41) is 9.03. The Bertz CT molecular complexity index is 210. The van der Waals surface area contributed by atoms with Crippen molar-refractivity contribution in [2.45, 2.75) is 18.4 Å². The molecule has 0 aromatic heterocycles. The van der Waals surface area contributed by atoms with Gasteiger partial charge in [0.1, 0.15) is 0 Å². The van der Waals surface area contributed by atoms with Gasteiger partial charge in [0.05, 0.1) is 26.3 Å². The Balaban J connectivity index is 2.62. The molecule has 1 fully saturated rings. The van der Waals surface area contributed by atoms with Gasteiger partial charge in [0.15, 0.2) is 0 Å². The van der Waals surface area contributed by atoms with Crippen molar-refractivity contribution in [3.8, 4) is 0 Å². The van der Waals surface area contributed by atoms with Crippen LogP contribution in [0.5, 0.6) is 0 Å². The van der Waals surface area contributed by atoms with E-state index in [9.17, 15) is 13.6 Å². The van der Waals surface area contributed by atoms with Gasteiger partial charge in [-0.1, -0.05) is 0 Å². The van der Waals surface area contributed by atoms with Crippen LogP contribution >= 0.6 is 0 Å². The number of carbonyl (C=O) groups is 1. The number of carbonyl (C=O) groups excluding carboxylic acids is 1. The minimum Gasteiger partial charge on any atom is -0.453 e. The minimum absolute atomic E-state index is 0.0950. The molecule has 0 bridgehead atoms. The number of methoxy groups -OCH3 is 1. The van der Waals surface area contributed by atoms with Gasteiger partial charge < -0.3 is 9.84 Å². The lowest BCUT2D eigenvalue weighted by molar-refractivity contribution is -0.100. The fourth-order valence-corrected chi connectivity index (χ4v) is 1.34. The number of aliphatic hydroxyl groups excluding tert-OH is 1. The van der Waals surface area contributed by atoms with Gasteiger partial charge in [0.2, 0.25) is 0 Å². The highest BCUT2D eigenvalue weighted by Crippen LogP contribution is 2.26. The van der Waals surface area contributed by atoms with Crippen LogP contribution < -0.4 is 0 Å². The molecule has 13 heavy (non-hydrogen) atoms. The van der Waals surface area contributed by atoms with Crippen molar-refractivity contribution < 1.29 is 23.4 Å². The maximum Gasteiger partial charge on any atom is 0.409 e. The molecule has 4 nitrogen and oxygen atoms in total. The molecule has 1 heterocycles. The first-order chi connectivity index (χ1) is 5.94. The Morgan fingerprint density at radius 1 is 1.69 bits per heavy atom. The topological polar surface area (TPSA) is 49.8 Å². The molecule has 1 aliphatic heterocycles. The number of nitrogens with zero attached hydrogens (tertiary/aromatic N) is 1. The van der Waals surface area contributed by atoms with E-state index in [-0.39, 0.29) is 6.54 Å². The largest absolute Gasteiger partial charge is 0.453 e. The van der Waals surface area contributed by atoms with Crippen LogP contribution in [-0.4, -0.2) is 48.3 Å². The van der Waals surface area contributed by atoms with Crippen LogP contribution in [0.15, 0.2) is 0 Å². The molecule has 0 aromatic carbocycles. The van der Waals surface area contributed by atoms with E-state index in [4.69, 9.17) is 5.11 Å². The molecule has 0 aromatic rings. The summed E-state index contributed by atoms with van der Waals surface area (Å²) < 4.78 is 29.9. The Labute approximate surface area is 74.1 Å². The lowest BCUT2D eigenvalue weighted by Gasteiger charge is -2.34. The van der Waals surface area contributed by atoms with Crippen LogP contribution in [0.1, 0.15) is 6.42 Å². The summed E-state index contributed by atoms with van der Waals surface area (Å²) in [6.07, 6.45) is -2.61. The van der Waals surface area contributed by atoms with Gasteiger partial charge in [0.25, 0.3) is 5.92 Å². The van der Waals surface area contributed by atoms with Gasteiger partial charge in [0, 0.05) is 6.42 Å². The van der Waals surface area contributed by atoms with Crippen molar-refractivity contribution in [1.29, 1.82) is 0 Å². The first-order valence-corrected chi connectivity index (χ1v) is 3.83. The third-order valence-electron chi connectivity index (χ3n) is 1.82. The average Bonchev–Trinajstić information content (AvgIpc) is 1.99. The monoisotopic (exact) mass is 195 g/mol. The molecule has 1 saturated heterocycles. The van der Waals surface area contributed by atoms with E-state index in [1.807, 2.05) is 0 Å². The van der Waals surface area contributed by atoms with Crippen LogP contribution in [0.4, 0.5) is 13.6 Å². The molecule has 1 N–H and O–H groups in total. The number of aliphatic hydroxyl groups is 1. The minimum atomic E-state index is -3.02. The van der Waals surface area contributed by atoms with Crippen molar-refractivity contribution in [2.75, 3.05) is 20.2 Å². The number of amides is 1. The molecule has 0 saturated carbocycles. The van der Waals surface area contributed by atoms with E-state index in [0.29, 0.717) is 0 Å². The van der Waals surface area contributed by atoms with Gasteiger partial charge in [-0.2, -0.15) is 0 Å². The molecular weight excluding hydrogens is 184 g/mol. The second-order valence-electron chi connectivity index (χ2n) is 3.06. The van der Waals surface area contributed by atoms with Crippen LogP contribution in [0.25, 0.3) is 0 Å². The fourth-order valence-electron chi connectivity index (χ4n) is 1.34. The molecule has 1 amide bonds. The number of ether oxygens (including phenoxy) is 1. The van der Waals surface area contributed by atoms with Crippen LogP contribution in [0.3, 0.4) is 0 Å². The Hall–Kier alpha value is -0.910. The maximum atomic E-state index is 12.8. The second-order valence-corrected chi connectivity index (χ2v) is 3.06. The van der Waals surface area contributed by atoms with Gasteiger partial charge in [-0.15, -0.1) is 0 Å². The first kappa shape index (κ1) is 10.2. The van der Waals surface area contributed by atoms with Crippen molar-refractivity contribution in [3.05, 3.63) is 0 Å². The van der Waals surface area contributed by atoms with Crippen molar-refractivity contribution >= 4 is 6.09 Å². The summed E-state index contributed by atoms with van der Waals surface area (Å²) in [7, 11) is 1.11. The summed E-state index contributed by atoms with van der Waals surface area (Å²) in [5.74, 6) is -3.02. The molecule has 0 spiro atoms. The number of alkyl halides is 2. The molecular formula is C7H11F2NO3. The molecule has 6 heteroatoms. The van der Waals surface area contributed by atoms with Gasteiger partial charge >= 0.3 is 6.09 Å². The second kappa shape index (κ2) is 3.45. The Kier molecular flexibility index (Phi) is 2.70. The summed E-state index contributed by atoms with van der Waals surface area (Å²) >= 11 is 0. The first-order valence-electron chi connectivity index (χ1n) is 3.83. The van der Waals surface area contributed by atoms with E-state index < -0.39 is 31.1 Å². The van der Waals surface area contributed by atoms with E-state index in [1.165, 1.54) is 0 Å². The Morgan fingerprint density at radius 3 is 2.77 bits per heavy atom. The summed E-state index contributed by atoms with van der Waals surface area (Å²) in [4.78, 5) is 11.7. The average molecular weight is 195 g/mol. The zero-order valence-corrected chi connectivity index (χ0v) is 7.17. The van der Waals surface area contributed by atoms with Crippen LogP contribution in [0.2, 0.25) is 0 Å². The molecule has 0 radical (unpaired) electrons. The standard InChI is InChI=1S/C7H11F2NO3/c1-13-6(12)10-3-5(11)2-7(8,9)4-10/h5,11H,2-4H2,1H3. The van der Waals surface area contributed by atoms with E-state index in [2.05, 4.69) is 4.74 Å². The smallest absolute Gasteiger partial charge is 0.409 e. The number of rotatable bonds is 0. The summed E-state index contributed by atoms with van der Waals surface area (Å²) in [5.41, 5.74) is 0. The molecule has 1 rings (SSSR count). The van der Waals surface area contributed by atoms with Gasteiger partial charge in [-0.3, -0.25) is 4.90 Å². The molecule has 1 atom stereocenters. The maximum absolute atomic E-state index is 12.8. The number of piperidine rings is 1. The van der Waals surface area contributed by atoms with E-state index >= 15 is 0 Å². The normalized spacial score (nSPS) is 27.1.